The monoisotopic (exact) mass is 345 g/mol. The van der Waals surface area contributed by atoms with Crippen LogP contribution in [0.5, 0.6) is 0 Å². The van der Waals surface area contributed by atoms with Gasteiger partial charge in [0.15, 0.2) is 4.84 Å². The van der Waals surface area contributed by atoms with E-state index in [1.54, 1.807) is 4.72 Å². The van der Waals surface area contributed by atoms with Crippen molar-refractivity contribution in [3.8, 4) is 0 Å². The summed E-state index contributed by atoms with van der Waals surface area (Å²) >= 11 is 13.6. The van der Waals surface area contributed by atoms with Crippen LogP contribution in [0.2, 0.25) is 0 Å². The van der Waals surface area contributed by atoms with Gasteiger partial charge in [-0.15, -0.1) is 0 Å². The largest absolute Gasteiger partial charge is 0.271 e. The average Bonchev–Trinajstić information content (AvgIpc) is 2.17. The molecule has 0 atom stereocenters. The van der Waals surface area contributed by atoms with Crippen molar-refractivity contribution >= 4 is 55.1 Å². The SMILES string of the molecule is O=C(NS(=O)(=O)c1ccc(Br)cc1)C(Cl)Cl. The van der Waals surface area contributed by atoms with Crippen LogP contribution < -0.4 is 4.72 Å². The third-order valence-corrected chi connectivity index (χ3v) is 3.84. The lowest BCUT2D eigenvalue weighted by atomic mass is 10.4. The normalized spacial score (nSPS) is 11.5. The lowest BCUT2D eigenvalue weighted by Gasteiger charge is -2.06. The molecule has 0 radical (unpaired) electrons. The highest BCUT2D eigenvalue weighted by Crippen LogP contribution is 2.15. The predicted octanol–water partition coefficient (Wildman–Crippen LogP) is 2.06. The van der Waals surface area contributed by atoms with Gasteiger partial charge in [0, 0.05) is 4.47 Å². The van der Waals surface area contributed by atoms with Crippen LogP contribution in [0, 0.1) is 0 Å². The Morgan fingerprint density at radius 3 is 2.19 bits per heavy atom. The maximum absolute atomic E-state index is 11.6. The topological polar surface area (TPSA) is 63.2 Å². The van der Waals surface area contributed by atoms with E-state index in [-0.39, 0.29) is 4.90 Å². The first kappa shape index (κ1) is 13.8. The van der Waals surface area contributed by atoms with Gasteiger partial charge in [-0.25, -0.2) is 13.1 Å². The van der Waals surface area contributed by atoms with Crippen LogP contribution in [0.1, 0.15) is 0 Å². The van der Waals surface area contributed by atoms with Crippen LogP contribution in [0.3, 0.4) is 0 Å². The van der Waals surface area contributed by atoms with Crippen molar-refractivity contribution in [2.75, 3.05) is 0 Å². The van der Waals surface area contributed by atoms with Gasteiger partial charge in [-0.1, -0.05) is 39.1 Å². The molecule has 1 aromatic carbocycles. The van der Waals surface area contributed by atoms with Gasteiger partial charge < -0.3 is 0 Å². The zero-order chi connectivity index (χ0) is 12.3. The molecular formula is C8H6BrCl2NO3S. The van der Waals surface area contributed by atoms with Crippen molar-refractivity contribution in [1.82, 2.24) is 4.72 Å². The first-order valence-corrected chi connectivity index (χ1v) is 7.08. The molecule has 1 rings (SSSR count). The second-order valence-electron chi connectivity index (χ2n) is 2.72. The van der Waals surface area contributed by atoms with Crippen molar-refractivity contribution in [2.24, 2.45) is 0 Å². The van der Waals surface area contributed by atoms with Gasteiger partial charge in [0.05, 0.1) is 4.90 Å². The van der Waals surface area contributed by atoms with Gasteiger partial charge in [-0.05, 0) is 24.3 Å². The maximum Gasteiger partial charge on any atom is 0.266 e. The van der Waals surface area contributed by atoms with E-state index in [9.17, 15) is 13.2 Å². The minimum Gasteiger partial charge on any atom is -0.271 e. The van der Waals surface area contributed by atoms with Crippen molar-refractivity contribution in [1.29, 1.82) is 0 Å². The Hall–Kier alpha value is -0.300. The summed E-state index contributed by atoms with van der Waals surface area (Å²) in [4.78, 5) is 9.57. The number of halogens is 3. The third kappa shape index (κ3) is 3.62. The molecule has 0 unspecified atom stereocenters. The standard InChI is InChI=1S/C8H6BrCl2NO3S/c9-5-1-3-6(4-2-5)16(14,15)12-8(13)7(10)11/h1-4,7H,(H,12,13). The van der Waals surface area contributed by atoms with Crippen LogP contribution in [0.4, 0.5) is 0 Å². The molecule has 16 heavy (non-hydrogen) atoms. The second kappa shape index (κ2) is 5.35. The summed E-state index contributed by atoms with van der Waals surface area (Å²) in [5.41, 5.74) is 0. The summed E-state index contributed by atoms with van der Waals surface area (Å²) in [6, 6.07) is 5.77. The van der Waals surface area contributed by atoms with Crippen LogP contribution in [-0.4, -0.2) is 19.2 Å². The average molecular weight is 347 g/mol. The van der Waals surface area contributed by atoms with E-state index < -0.39 is 20.8 Å². The molecule has 1 amide bonds. The number of rotatable bonds is 3. The van der Waals surface area contributed by atoms with E-state index in [1.807, 2.05) is 0 Å². The Balaban J connectivity index is 2.95. The molecule has 0 spiro atoms. The number of hydrogen-bond donors (Lipinski definition) is 1. The molecule has 4 nitrogen and oxygen atoms in total. The summed E-state index contributed by atoms with van der Waals surface area (Å²) in [5.74, 6) is -0.980. The van der Waals surface area contributed by atoms with Crippen LogP contribution in [0.15, 0.2) is 33.6 Å². The second-order valence-corrected chi connectivity index (χ2v) is 6.42. The van der Waals surface area contributed by atoms with Crippen LogP contribution in [-0.2, 0) is 14.8 Å². The number of carbonyl (C=O) groups excluding carboxylic acids is 1. The Morgan fingerprint density at radius 2 is 1.75 bits per heavy atom. The molecule has 88 valence electrons. The van der Waals surface area contributed by atoms with Crippen molar-refractivity contribution in [3.05, 3.63) is 28.7 Å². The highest BCUT2D eigenvalue weighted by atomic mass is 79.9. The van der Waals surface area contributed by atoms with Crippen LogP contribution in [0.25, 0.3) is 0 Å². The van der Waals surface area contributed by atoms with Gasteiger partial charge in [-0.2, -0.15) is 0 Å². The molecule has 1 aromatic rings. The Bertz CT molecular complexity index is 487. The number of amides is 1. The summed E-state index contributed by atoms with van der Waals surface area (Å²) < 4.78 is 25.7. The lowest BCUT2D eigenvalue weighted by Crippen LogP contribution is -2.34. The summed E-state index contributed by atoms with van der Waals surface area (Å²) in [6.45, 7) is 0. The molecule has 0 aliphatic carbocycles. The minimum atomic E-state index is -3.91. The molecule has 1 N–H and O–H groups in total. The first-order valence-electron chi connectivity index (χ1n) is 3.93. The predicted molar refractivity (Wildman–Crippen MR) is 65.0 cm³/mol. The van der Waals surface area contributed by atoms with E-state index in [1.165, 1.54) is 24.3 Å². The fourth-order valence-corrected chi connectivity index (χ4v) is 2.35. The Kier molecular flexibility index (Phi) is 4.61. The molecule has 8 heteroatoms. The van der Waals surface area contributed by atoms with Crippen molar-refractivity contribution in [3.63, 3.8) is 0 Å². The molecule has 0 aliphatic rings. The molecule has 0 fully saturated rings. The Labute approximate surface area is 111 Å². The quantitative estimate of drug-likeness (QED) is 0.852. The molecule has 0 heterocycles. The van der Waals surface area contributed by atoms with E-state index in [4.69, 9.17) is 23.2 Å². The van der Waals surface area contributed by atoms with Gasteiger partial charge in [-0.3, -0.25) is 4.79 Å². The number of alkyl halides is 2. The highest BCUT2D eigenvalue weighted by Gasteiger charge is 2.21. The molecule has 0 saturated heterocycles. The molecule has 0 aromatic heterocycles. The zero-order valence-corrected chi connectivity index (χ0v) is 11.6. The molecule has 0 aliphatic heterocycles. The van der Waals surface area contributed by atoms with Gasteiger partial charge in [0.25, 0.3) is 15.9 Å². The van der Waals surface area contributed by atoms with Gasteiger partial charge >= 0.3 is 0 Å². The third-order valence-electron chi connectivity index (χ3n) is 1.56. The fourth-order valence-electron chi connectivity index (χ4n) is 0.850. The zero-order valence-electron chi connectivity index (χ0n) is 7.65. The summed E-state index contributed by atoms with van der Waals surface area (Å²) in [6.07, 6.45) is 0. The van der Waals surface area contributed by atoms with Gasteiger partial charge in [0.1, 0.15) is 0 Å². The van der Waals surface area contributed by atoms with Crippen LogP contribution >= 0.6 is 39.1 Å². The number of hydrogen-bond acceptors (Lipinski definition) is 3. The Morgan fingerprint density at radius 1 is 1.25 bits per heavy atom. The number of carbonyl (C=O) groups is 1. The summed E-state index contributed by atoms with van der Waals surface area (Å²) in [5, 5.41) is 0. The fraction of sp³-hybridized carbons (Fsp3) is 0.125. The van der Waals surface area contributed by atoms with Crippen molar-refractivity contribution < 1.29 is 13.2 Å². The molecule has 0 bridgehead atoms. The van der Waals surface area contributed by atoms with Gasteiger partial charge in [0.2, 0.25) is 0 Å². The number of nitrogens with one attached hydrogen (secondary N) is 1. The number of benzene rings is 1. The van der Waals surface area contributed by atoms with E-state index in [0.717, 1.165) is 4.47 Å². The van der Waals surface area contributed by atoms with Crippen molar-refractivity contribution in [2.45, 2.75) is 9.73 Å². The molecule has 0 saturated carbocycles. The smallest absolute Gasteiger partial charge is 0.266 e. The highest BCUT2D eigenvalue weighted by molar-refractivity contribution is 9.10. The minimum absolute atomic E-state index is 0.0435. The van der Waals surface area contributed by atoms with E-state index in [2.05, 4.69) is 15.9 Å². The summed E-state index contributed by atoms with van der Waals surface area (Å²) in [7, 11) is -3.91. The van der Waals surface area contributed by atoms with E-state index >= 15 is 0 Å². The lowest BCUT2D eigenvalue weighted by molar-refractivity contribution is -0.117. The maximum atomic E-state index is 11.6. The van der Waals surface area contributed by atoms with E-state index in [0.29, 0.717) is 0 Å². The number of sulfonamides is 1. The first-order chi connectivity index (χ1) is 7.33. The molecular weight excluding hydrogens is 341 g/mol.